The largest absolute Gasteiger partial charge is 0.354 e. The fourth-order valence-electron chi connectivity index (χ4n) is 12.9. The molecule has 0 amide bonds. The Morgan fingerprint density at radius 2 is 0.535 bits per heavy atom. The average Bonchev–Trinajstić information content (AvgIpc) is 1.65. The lowest BCUT2D eigenvalue weighted by Crippen LogP contribution is -2.35. The molecule has 0 atom stereocenters. The molecule has 5 heterocycles. The van der Waals surface area contributed by atoms with Crippen molar-refractivity contribution in [1.82, 2.24) is 23.6 Å². The zero-order valence-corrected chi connectivity index (χ0v) is 64.7. The summed E-state index contributed by atoms with van der Waals surface area (Å²) in [6.45, 7) is 53.5. The van der Waals surface area contributed by atoms with Gasteiger partial charge in [0.1, 0.15) is 0 Å². The molecule has 2 N–H and O–H groups in total. The van der Waals surface area contributed by atoms with Crippen LogP contribution in [0.4, 0.5) is 0 Å². The molecule has 0 fully saturated rings. The molecular weight excluding hydrogens is 1260 g/mol. The first-order chi connectivity index (χ1) is 45.6. The summed E-state index contributed by atoms with van der Waals surface area (Å²) in [5.74, 6) is 0. The zero-order valence-electron chi connectivity index (χ0n) is 63.0. The molecule has 0 radical (unpaired) electrons. The van der Waals surface area contributed by atoms with Crippen LogP contribution >= 0.6 is 0 Å². The molecule has 11 rings (SSSR count). The summed E-state index contributed by atoms with van der Waals surface area (Å²) in [6, 6.07) is 51.3. The number of aromatic nitrogens is 4. The lowest BCUT2D eigenvalue weighted by molar-refractivity contribution is 0.541. The average molecular weight is 1360 g/mol. The number of nitrogens with one attached hydrogen (secondary N) is 2. The Hall–Kier alpha value is -8.38. The molecule has 0 saturated heterocycles. The van der Waals surface area contributed by atoms with Crippen molar-refractivity contribution in [3.63, 3.8) is 0 Å². The predicted molar refractivity (Wildman–Crippen MR) is 418 cm³/mol. The Morgan fingerprint density at radius 3 is 0.798 bits per heavy atom. The maximum absolute atomic E-state index is 16.4. The van der Waals surface area contributed by atoms with E-state index >= 15 is 16.8 Å². The van der Waals surface area contributed by atoms with Gasteiger partial charge in [0.15, 0.2) is 0 Å². The Morgan fingerprint density at radius 1 is 0.293 bits per heavy atom. The molecule has 3 aromatic heterocycles. The highest BCUT2D eigenvalue weighted by molar-refractivity contribution is 8.04. The van der Waals surface area contributed by atoms with Crippen LogP contribution in [0.15, 0.2) is 168 Å². The normalized spacial score (nSPS) is 13.8. The number of nitrogens with zero attached hydrogens (tertiary/aromatic N) is 3. The van der Waals surface area contributed by atoms with Crippen LogP contribution in [0.5, 0.6) is 0 Å². The van der Waals surface area contributed by atoms with Gasteiger partial charge in [-0.25, -0.2) is 26.8 Å². The van der Waals surface area contributed by atoms with E-state index in [0.29, 0.717) is 37.1 Å². The van der Waals surface area contributed by atoms with Crippen LogP contribution < -0.4 is 0 Å². The number of H-pyrrole nitrogens is 2. The molecule has 9 nitrogen and oxygen atoms in total. The molecule has 99 heavy (non-hydrogen) atoms. The molecule has 2 aliphatic heterocycles. The SMILES string of the molecule is CC(C)(C)c1cc(-c2c3nc(c(-c4cc(C(C)(C)C)cc(C(C)(C)C)c4)c4ccc([nH]4)c(-c4cc(C(C)(C)C)cc(C(C)(C)C)c4)c4nc(c(-c5cc(C(C)(C)C)cc(C(C)(C)C)c5)c5ccc2[nH]5)C=C4N(S(=O)(=O)c2ccccc2)S(=O)(=O)c2ccccc2)C=C3)cc(C(C)(C)C)c1. The molecule has 0 spiro atoms. The molecule has 6 aromatic carbocycles. The van der Waals surface area contributed by atoms with Crippen LogP contribution in [-0.4, -0.2) is 40.5 Å². The molecule has 0 unspecified atom stereocenters. The third-order valence-electron chi connectivity index (χ3n) is 19.4. The van der Waals surface area contributed by atoms with Gasteiger partial charge < -0.3 is 9.97 Å². The summed E-state index contributed by atoms with van der Waals surface area (Å²) in [5, 5.41) is 0. The van der Waals surface area contributed by atoms with Crippen LogP contribution in [0.1, 0.15) is 233 Å². The monoisotopic (exact) mass is 1360 g/mol. The van der Waals surface area contributed by atoms with Gasteiger partial charge in [0, 0.05) is 44.3 Å². The minimum absolute atomic E-state index is 0.128. The van der Waals surface area contributed by atoms with E-state index in [1.807, 2.05) is 6.07 Å². The summed E-state index contributed by atoms with van der Waals surface area (Å²) < 4.78 is 66.3. The highest BCUT2D eigenvalue weighted by Crippen LogP contribution is 2.48. The maximum atomic E-state index is 16.4. The van der Waals surface area contributed by atoms with Gasteiger partial charge in [0.2, 0.25) is 0 Å². The van der Waals surface area contributed by atoms with E-state index in [9.17, 15) is 0 Å². The van der Waals surface area contributed by atoms with E-state index in [-0.39, 0.29) is 64.5 Å². The lowest BCUT2D eigenvalue weighted by Gasteiger charge is -2.28. The van der Waals surface area contributed by atoms with Crippen molar-refractivity contribution in [3.8, 4) is 44.5 Å². The van der Waals surface area contributed by atoms with Gasteiger partial charge >= 0.3 is 0 Å². The van der Waals surface area contributed by atoms with Gasteiger partial charge in [-0.2, -0.15) is 3.71 Å². The van der Waals surface area contributed by atoms with E-state index in [1.54, 1.807) is 42.5 Å². The Balaban J connectivity index is 1.49. The van der Waals surface area contributed by atoms with Crippen LogP contribution in [0.25, 0.3) is 90.5 Å². The summed E-state index contributed by atoms with van der Waals surface area (Å²) in [6.07, 6.45) is 6.01. The van der Waals surface area contributed by atoms with Crippen molar-refractivity contribution in [2.75, 3.05) is 0 Å². The summed E-state index contributed by atoms with van der Waals surface area (Å²) in [7, 11) is -10.1. The number of hydrogen-bond acceptors (Lipinski definition) is 6. The van der Waals surface area contributed by atoms with Gasteiger partial charge in [0.25, 0.3) is 20.0 Å². The van der Waals surface area contributed by atoms with Crippen molar-refractivity contribution in [1.29, 1.82) is 0 Å². The minimum atomic E-state index is -5.05. The van der Waals surface area contributed by atoms with Gasteiger partial charge in [-0.15, -0.1) is 0 Å². The lowest BCUT2D eigenvalue weighted by atomic mass is 9.78. The van der Waals surface area contributed by atoms with E-state index < -0.39 is 20.0 Å². The second-order valence-corrected chi connectivity index (χ2v) is 39.5. The van der Waals surface area contributed by atoms with Crippen molar-refractivity contribution >= 4 is 66.0 Å². The molecule has 9 aromatic rings. The second-order valence-electron chi connectivity index (χ2n) is 35.7. The number of benzene rings is 6. The minimum Gasteiger partial charge on any atom is -0.354 e. The summed E-state index contributed by atoms with van der Waals surface area (Å²) in [5.41, 5.74) is 17.4. The third-order valence-corrected chi connectivity index (χ3v) is 23.6. The predicted octanol–water partition coefficient (Wildman–Crippen LogP) is 23.1. The number of rotatable bonds is 9. The standard InChI is InChI=1S/C88H103N5O4S2/c1-81(2,3)58-41-54(42-59(49-58)82(4,5)6)76-68-35-36-69(89-68)77(55-43-60(83(7,8)9)50-61(44-55)84(10,11)12)71-39-40-73(91-71)79(57-47-64(87(19,20)21)52-65(48-57)88(22,23)24)80-75(93(98(94,95)66-31-27-25-28-32-66)99(96,97)67-33-29-26-30-34-67)53-74(92-80)78(72-38-37-70(76)90-72)56-45-62(85(13,14)15)51-63(46-56)86(16,17)18/h25-53,90-91H,1-24H3. The topological polar surface area (TPSA) is 129 Å². The second kappa shape index (κ2) is 24.8. The van der Waals surface area contributed by atoms with Gasteiger partial charge in [-0.05, 0) is 177 Å². The number of fused-ring (bicyclic) bond motifs is 8. The van der Waals surface area contributed by atoms with Gasteiger partial charge in [-0.1, -0.05) is 275 Å². The third kappa shape index (κ3) is 14.4. The number of hydrogen-bond donors (Lipinski definition) is 2. The Kier molecular flexibility index (Phi) is 18.0. The fourth-order valence-corrected chi connectivity index (χ4v) is 16.7. The summed E-state index contributed by atoms with van der Waals surface area (Å²) in [4.78, 5) is 19.5. The first-order valence-electron chi connectivity index (χ1n) is 34.9. The van der Waals surface area contributed by atoms with E-state index in [2.05, 4.69) is 279 Å². The fraction of sp³-hybridized carbons (Fsp3) is 0.364. The number of aromatic amines is 2. The van der Waals surface area contributed by atoms with Crippen LogP contribution in [0.3, 0.4) is 0 Å². The maximum Gasteiger partial charge on any atom is 0.277 e. The first-order valence-corrected chi connectivity index (χ1v) is 37.7. The zero-order chi connectivity index (χ0) is 72.5. The Bertz CT molecular complexity index is 4960. The van der Waals surface area contributed by atoms with E-state index in [4.69, 9.17) is 9.97 Å². The highest BCUT2D eigenvalue weighted by Gasteiger charge is 2.43. The highest BCUT2D eigenvalue weighted by atomic mass is 32.3. The number of sulfonamides is 2. The Labute approximate surface area is 591 Å². The molecule has 8 bridgehead atoms. The molecule has 516 valence electrons. The van der Waals surface area contributed by atoms with Crippen molar-refractivity contribution in [3.05, 3.63) is 225 Å². The van der Waals surface area contributed by atoms with Crippen molar-refractivity contribution < 1.29 is 16.8 Å². The van der Waals surface area contributed by atoms with Gasteiger partial charge in [-0.3, -0.25) is 0 Å². The van der Waals surface area contributed by atoms with Crippen molar-refractivity contribution in [2.24, 2.45) is 0 Å². The van der Waals surface area contributed by atoms with Crippen LogP contribution in [0, 0.1) is 0 Å². The van der Waals surface area contributed by atoms with Gasteiger partial charge in [0.05, 0.1) is 38.3 Å². The van der Waals surface area contributed by atoms with Crippen molar-refractivity contribution in [2.45, 2.75) is 219 Å². The molecule has 2 aliphatic rings. The van der Waals surface area contributed by atoms with E-state index in [0.717, 1.165) is 83.6 Å². The van der Waals surface area contributed by atoms with Crippen LogP contribution in [-0.2, 0) is 63.4 Å². The van der Waals surface area contributed by atoms with Crippen LogP contribution in [0.2, 0.25) is 0 Å². The smallest absolute Gasteiger partial charge is 0.277 e. The molecular formula is C88H103N5O4S2. The first kappa shape index (κ1) is 71.9. The molecule has 0 saturated carbocycles. The van der Waals surface area contributed by atoms with E-state index in [1.165, 1.54) is 35.4 Å². The molecule has 0 aliphatic carbocycles. The summed E-state index contributed by atoms with van der Waals surface area (Å²) >= 11 is 0. The molecule has 11 heteroatoms. The quantitative estimate of drug-likeness (QED) is 0.148.